The van der Waals surface area contributed by atoms with Crippen molar-refractivity contribution in [2.24, 2.45) is 5.73 Å². The second kappa shape index (κ2) is 3.64. The second-order valence-electron chi connectivity index (χ2n) is 2.57. The third-order valence-electron chi connectivity index (χ3n) is 1.26. The summed E-state index contributed by atoms with van der Waals surface area (Å²) >= 11 is 1.65. The Hall–Kier alpha value is -0.670. The maximum atomic E-state index is 5.42. The average molecular weight is 168 g/mol. The van der Waals surface area contributed by atoms with Gasteiger partial charge in [-0.15, -0.1) is 11.3 Å². The molecule has 1 aromatic heterocycles. The highest BCUT2D eigenvalue weighted by Gasteiger charge is 1.99. The molecule has 0 aliphatic carbocycles. The second-order valence-corrected chi connectivity index (χ2v) is 3.51. The van der Waals surface area contributed by atoms with Gasteiger partial charge in [-0.2, -0.15) is 0 Å². The summed E-state index contributed by atoms with van der Waals surface area (Å²) in [5, 5.41) is 3.11. The minimum Gasteiger partial charge on any atom is -0.325 e. The highest BCUT2D eigenvalue weighted by molar-refractivity contribution is 7.09. The van der Waals surface area contributed by atoms with E-state index in [0.29, 0.717) is 6.54 Å². The van der Waals surface area contributed by atoms with E-state index in [-0.39, 0.29) is 0 Å². The fraction of sp³-hybridized carbons (Fsp3) is 0.375. The average Bonchev–Trinajstić information content (AvgIpc) is 2.34. The number of nitrogens with zero attached hydrogens (tertiary/aromatic N) is 1. The molecule has 0 aliphatic rings. The molecule has 3 heteroatoms. The fourth-order valence-electron chi connectivity index (χ4n) is 0.782. The Balaban J connectivity index is 2.65. The van der Waals surface area contributed by atoms with Gasteiger partial charge in [-0.25, -0.2) is 4.98 Å². The Morgan fingerprint density at radius 2 is 2.55 bits per heavy atom. The van der Waals surface area contributed by atoms with Crippen molar-refractivity contribution in [1.82, 2.24) is 4.98 Å². The fourth-order valence-corrected chi connectivity index (χ4v) is 1.70. The molecule has 0 aromatic carbocycles. The molecule has 0 bridgehead atoms. The largest absolute Gasteiger partial charge is 0.325 e. The highest BCUT2D eigenvalue weighted by Crippen LogP contribution is 2.12. The van der Waals surface area contributed by atoms with Gasteiger partial charge in [0.1, 0.15) is 0 Å². The van der Waals surface area contributed by atoms with E-state index in [9.17, 15) is 0 Å². The van der Waals surface area contributed by atoms with E-state index in [1.807, 2.05) is 12.3 Å². The standard InChI is InChI=1S/C8H12N2S/c1-6(2)3-8-10-7(4-9)5-11-8/h5H,1,3-4,9H2,2H3. The lowest BCUT2D eigenvalue weighted by Crippen LogP contribution is -1.96. The van der Waals surface area contributed by atoms with E-state index in [1.54, 1.807) is 11.3 Å². The van der Waals surface area contributed by atoms with E-state index in [4.69, 9.17) is 5.73 Å². The molecule has 2 N–H and O–H groups in total. The predicted molar refractivity (Wildman–Crippen MR) is 48.5 cm³/mol. The topological polar surface area (TPSA) is 38.9 Å². The van der Waals surface area contributed by atoms with E-state index < -0.39 is 0 Å². The van der Waals surface area contributed by atoms with Crippen molar-refractivity contribution >= 4 is 11.3 Å². The van der Waals surface area contributed by atoms with Crippen LogP contribution in [0.5, 0.6) is 0 Å². The molecule has 0 saturated heterocycles. The summed E-state index contributed by atoms with van der Waals surface area (Å²) < 4.78 is 0. The van der Waals surface area contributed by atoms with E-state index in [2.05, 4.69) is 11.6 Å². The lowest BCUT2D eigenvalue weighted by atomic mass is 10.2. The lowest BCUT2D eigenvalue weighted by molar-refractivity contribution is 0.978. The first kappa shape index (κ1) is 8.43. The maximum absolute atomic E-state index is 5.42. The minimum absolute atomic E-state index is 0.534. The summed E-state index contributed by atoms with van der Waals surface area (Å²) in [5.41, 5.74) is 7.54. The number of allylic oxidation sites excluding steroid dienone is 1. The first-order valence-corrected chi connectivity index (χ1v) is 4.38. The Labute approximate surface area is 70.8 Å². The van der Waals surface area contributed by atoms with Crippen molar-refractivity contribution in [2.45, 2.75) is 19.9 Å². The summed E-state index contributed by atoms with van der Waals surface area (Å²) in [6.07, 6.45) is 0.880. The van der Waals surface area contributed by atoms with Gasteiger partial charge in [0.15, 0.2) is 0 Å². The molecule has 1 aromatic rings. The van der Waals surface area contributed by atoms with E-state index in [1.165, 1.54) is 0 Å². The van der Waals surface area contributed by atoms with Crippen LogP contribution in [0.4, 0.5) is 0 Å². The van der Waals surface area contributed by atoms with Crippen LogP contribution in [0.3, 0.4) is 0 Å². The van der Waals surface area contributed by atoms with E-state index >= 15 is 0 Å². The van der Waals surface area contributed by atoms with Gasteiger partial charge in [0.2, 0.25) is 0 Å². The Morgan fingerprint density at radius 3 is 3.00 bits per heavy atom. The molecule has 11 heavy (non-hydrogen) atoms. The summed E-state index contributed by atoms with van der Waals surface area (Å²) in [5.74, 6) is 0. The third kappa shape index (κ3) is 2.44. The molecule has 0 spiro atoms. The zero-order valence-corrected chi connectivity index (χ0v) is 7.45. The molecular formula is C8H12N2S. The number of nitrogens with two attached hydrogens (primary N) is 1. The van der Waals surface area contributed by atoms with Crippen molar-refractivity contribution < 1.29 is 0 Å². The van der Waals surface area contributed by atoms with Crippen LogP contribution in [0.25, 0.3) is 0 Å². The van der Waals surface area contributed by atoms with Gasteiger partial charge in [0, 0.05) is 18.3 Å². The quantitative estimate of drug-likeness (QED) is 0.698. The third-order valence-corrected chi connectivity index (χ3v) is 2.16. The molecule has 0 radical (unpaired) electrons. The van der Waals surface area contributed by atoms with Crippen molar-refractivity contribution in [3.63, 3.8) is 0 Å². The molecule has 1 heterocycles. The summed E-state index contributed by atoms with van der Waals surface area (Å²) in [6, 6.07) is 0. The molecule has 0 amide bonds. The Kier molecular flexibility index (Phi) is 2.79. The normalized spacial score (nSPS) is 10.0. The van der Waals surface area contributed by atoms with Crippen LogP contribution < -0.4 is 5.73 Å². The number of aromatic nitrogens is 1. The molecule has 0 fully saturated rings. The van der Waals surface area contributed by atoms with Crippen LogP contribution in [0.2, 0.25) is 0 Å². The Bertz CT molecular complexity index is 252. The molecule has 2 nitrogen and oxygen atoms in total. The first-order valence-electron chi connectivity index (χ1n) is 3.50. The molecule has 1 rings (SSSR count). The van der Waals surface area contributed by atoms with Gasteiger partial charge in [-0.05, 0) is 6.92 Å². The first-order chi connectivity index (χ1) is 5.22. The number of rotatable bonds is 3. The summed E-state index contributed by atoms with van der Waals surface area (Å²) in [4.78, 5) is 4.30. The summed E-state index contributed by atoms with van der Waals surface area (Å²) in [7, 11) is 0. The number of hydrogen-bond donors (Lipinski definition) is 1. The van der Waals surface area contributed by atoms with Gasteiger partial charge in [-0.1, -0.05) is 12.2 Å². The zero-order chi connectivity index (χ0) is 8.27. The van der Waals surface area contributed by atoms with Gasteiger partial charge in [-0.3, -0.25) is 0 Å². The van der Waals surface area contributed by atoms with Crippen molar-refractivity contribution in [3.05, 3.63) is 28.2 Å². The van der Waals surface area contributed by atoms with Gasteiger partial charge < -0.3 is 5.73 Å². The maximum Gasteiger partial charge on any atom is 0.0969 e. The van der Waals surface area contributed by atoms with Crippen LogP contribution in [-0.4, -0.2) is 4.98 Å². The van der Waals surface area contributed by atoms with Crippen LogP contribution in [0.15, 0.2) is 17.5 Å². The molecule has 0 atom stereocenters. The molecule has 0 saturated carbocycles. The van der Waals surface area contributed by atoms with Crippen molar-refractivity contribution in [3.8, 4) is 0 Å². The van der Waals surface area contributed by atoms with Gasteiger partial charge in [0.05, 0.1) is 10.7 Å². The van der Waals surface area contributed by atoms with Crippen molar-refractivity contribution in [2.75, 3.05) is 0 Å². The summed E-state index contributed by atoms with van der Waals surface area (Å²) in [6.45, 7) is 6.36. The molecular weight excluding hydrogens is 156 g/mol. The lowest BCUT2D eigenvalue weighted by Gasteiger charge is -1.91. The SMILES string of the molecule is C=C(C)Cc1nc(CN)cs1. The zero-order valence-electron chi connectivity index (χ0n) is 6.63. The Morgan fingerprint density at radius 1 is 1.82 bits per heavy atom. The van der Waals surface area contributed by atoms with E-state index in [0.717, 1.165) is 22.7 Å². The predicted octanol–water partition coefficient (Wildman–Crippen LogP) is 1.72. The van der Waals surface area contributed by atoms with Gasteiger partial charge >= 0.3 is 0 Å². The molecule has 0 unspecified atom stereocenters. The smallest absolute Gasteiger partial charge is 0.0969 e. The van der Waals surface area contributed by atoms with Crippen LogP contribution >= 0.6 is 11.3 Å². The van der Waals surface area contributed by atoms with Crippen LogP contribution in [-0.2, 0) is 13.0 Å². The number of thiazole rings is 1. The van der Waals surface area contributed by atoms with Crippen LogP contribution in [0.1, 0.15) is 17.6 Å². The van der Waals surface area contributed by atoms with Crippen molar-refractivity contribution in [1.29, 1.82) is 0 Å². The van der Waals surface area contributed by atoms with Gasteiger partial charge in [0.25, 0.3) is 0 Å². The molecule has 0 aliphatic heterocycles. The van der Waals surface area contributed by atoms with Crippen LogP contribution in [0, 0.1) is 0 Å². The highest BCUT2D eigenvalue weighted by atomic mass is 32.1. The molecule has 60 valence electrons. The number of hydrogen-bond acceptors (Lipinski definition) is 3. The minimum atomic E-state index is 0.534. The monoisotopic (exact) mass is 168 g/mol.